The highest BCUT2D eigenvalue weighted by Crippen LogP contribution is 2.73. The largest absolute Gasteiger partial charge is 0.396 e. The van der Waals surface area contributed by atoms with E-state index in [2.05, 4.69) is 34.3 Å². The molecule has 7 heteroatoms. The molecule has 0 bridgehead atoms. The topological polar surface area (TPSA) is 97.6 Å². The third-order valence-corrected chi connectivity index (χ3v) is 15.4. The van der Waals surface area contributed by atoms with E-state index in [9.17, 15) is 15.3 Å². The van der Waals surface area contributed by atoms with Crippen LogP contribution >= 0.6 is 0 Å². The van der Waals surface area contributed by atoms with Crippen molar-refractivity contribution in [2.45, 2.75) is 175 Å². The average molecular weight is 677 g/mol. The van der Waals surface area contributed by atoms with Gasteiger partial charge in [-0.3, -0.25) is 0 Å². The van der Waals surface area contributed by atoms with E-state index in [1.807, 2.05) is 13.8 Å². The second-order valence-electron chi connectivity index (χ2n) is 18.1. The van der Waals surface area contributed by atoms with Gasteiger partial charge in [-0.15, -0.1) is 6.58 Å². The predicted molar refractivity (Wildman–Crippen MR) is 190 cm³/mol. The summed E-state index contributed by atoms with van der Waals surface area (Å²) < 4.78 is 24.1. The number of hydrogen-bond acceptors (Lipinski definition) is 7. The molecule has 0 spiro atoms. The summed E-state index contributed by atoms with van der Waals surface area (Å²) in [4.78, 5) is 0. The van der Waals surface area contributed by atoms with Crippen molar-refractivity contribution in [1.29, 1.82) is 0 Å². The van der Waals surface area contributed by atoms with Crippen LogP contribution in [0.4, 0.5) is 0 Å². The summed E-state index contributed by atoms with van der Waals surface area (Å²) in [6, 6.07) is 0. The number of hydrogen-bond donors (Lipinski definition) is 3. The second kappa shape index (κ2) is 15.6. The van der Waals surface area contributed by atoms with Crippen LogP contribution in [0.15, 0.2) is 12.7 Å². The summed E-state index contributed by atoms with van der Waals surface area (Å²) >= 11 is 0. The van der Waals surface area contributed by atoms with Crippen molar-refractivity contribution in [2.75, 3.05) is 20.3 Å². The van der Waals surface area contributed by atoms with Crippen molar-refractivity contribution in [3.05, 3.63) is 12.7 Å². The van der Waals surface area contributed by atoms with Crippen LogP contribution in [0.2, 0.25) is 0 Å². The third kappa shape index (κ3) is 7.23. The number of aliphatic hydroxyl groups is 3. The zero-order valence-corrected chi connectivity index (χ0v) is 31.6. The van der Waals surface area contributed by atoms with E-state index in [1.54, 1.807) is 13.2 Å². The lowest BCUT2D eigenvalue weighted by Gasteiger charge is -2.69. The standard InChI is InChI=1S/C38H66O7.C3H6/c1-24(42-6)9-14-33(41)43-22-25-10-12-29(40)34(44-25)45-32-17-20-37(5)30(35(32,2)3)16-19-36(4)27-15-21-38(23-39)18-7-8-28(38)26(27)11-13-31(36)37;1-3-2/h24-34,39-41H,7-23H2,1-6H3;3H,1H2,2H3. The molecule has 0 amide bonds. The Balaban J connectivity index is 0.00000145. The zero-order valence-electron chi connectivity index (χ0n) is 31.6. The van der Waals surface area contributed by atoms with Gasteiger partial charge in [0.1, 0.15) is 6.10 Å². The molecule has 6 rings (SSSR count). The van der Waals surface area contributed by atoms with Crippen LogP contribution in [0.1, 0.15) is 138 Å². The van der Waals surface area contributed by atoms with E-state index in [0.717, 1.165) is 36.5 Å². The van der Waals surface area contributed by atoms with Gasteiger partial charge in [-0.1, -0.05) is 40.2 Å². The molecule has 1 saturated heterocycles. The first kappa shape index (κ1) is 38.7. The SMILES string of the molecule is C=CC.COC(C)CCC(O)OCC1CCC(O)C(OC2CCC3(C)C(CCC4(C)C5CCC6(CO)CCCC6C5CCC43)C2(C)C)O1. The van der Waals surface area contributed by atoms with Crippen molar-refractivity contribution in [3.63, 3.8) is 0 Å². The fourth-order valence-electron chi connectivity index (χ4n) is 12.9. The molecule has 5 aliphatic carbocycles. The summed E-state index contributed by atoms with van der Waals surface area (Å²) in [6.45, 7) is 18.1. The Morgan fingerprint density at radius 2 is 1.60 bits per heavy atom. The first-order valence-corrected chi connectivity index (χ1v) is 19.8. The predicted octanol–water partition coefficient (Wildman–Crippen LogP) is 8.04. The van der Waals surface area contributed by atoms with Gasteiger partial charge in [-0.2, -0.15) is 0 Å². The molecule has 0 aromatic heterocycles. The zero-order chi connectivity index (χ0) is 34.9. The van der Waals surface area contributed by atoms with Crippen LogP contribution in [0.5, 0.6) is 0 Å². The van der Waals surface area contributed by atoms with Crippen molar-refractivity contribution in [3.8, 4) is 0 Å². The Morgan fingerprint density at radius 1 is 0.875 bits per heavy atom. The van der Waals surface area contributed by atoms with Gasteiger partial charge in [0, 0.05) is 20.1 Å². The van der Waals surface area contributed by atoms with Crippen LogP contribution < -0.4 is 0 Å². The average Bonchev–Trinajstić information content (AvgIpc) is 3.50. The van der Waals surface area contributed by atoms with Crippen LogP contribution in [-0.4, -0.2) is 72.6 Å². The summed E-state index contributed by atoms with van der Waals surface area (Å²) in [5.74, 6) is 3.67. The maximum Gasteiger partial charge on any atom is 0.184 e. The normalized spacial score (nSPS) is 46.1. The highest BCUT2D eigenvalue weighted by molar-refractivity contribution is 5.15. The fourth-order valence-corrected chi connectivity index (χ4v) is 12.9. The molecule has 1 heterocycles. The fraction of sp³-hybridized carbons (Fsp3) is 0.951. The minimum atomic E-state index is -0.844. The van der Waals surface area contributed by atoms with Crippen molar-refractivity contribution in [1.82, 2.24) is 0 Å². The summed E-state index contributed by atoms with van der Waals surface area (Å²) in [5, 5.41) is 31.8. The molecule has 14 atom stereocenters. The molecule has 278 valence electrons. The smallest absolute Gasteiger partial charge is 0.184 e. The molecular weight excluding hydrogens is 604 g/mol. The van der Waals surface area contributed by atoms with Crippen LogP contribution in [-0.2, 0) is 18.9 Å². The quantitative estimate of drug-likeness (QED) is 0.122. The molecule has 0 aromatic carbocycles. The summed E-state index contributed by atoms with van der Waals surface area (Å²) in [6.07, 6.45) is 16.0. The first-order chi connectivity index (χ1) is 22.8. The lowest BCUT2D eigenvalue weighted by Crippen LogP contribution is -2.64. The van der Waals surface area contributed by atoms with E-state index < -0.39 is 18.7 Å². The highest BCUT2D eigenvalue weighted by Gasteiger charge is 2.66. The maximum atomic E-state index is 10.9. The number of methoxy groups -OCH3 is 1. The number of rotatable bonds is 10. The third-order valence-electron chi connectivity index (χ3n) is 15.4. The van der Waals surface area contributed by atoms with E-state index in [-0.39, 0.29) is 29.1 Å². The Morgan fingerprint density at radius 3 is 2.31 bits per heavy atom. The van der Waals surface area contributed by atoms with Gasteiger partial charge in [-0.05, 0) is 149 Å². The monoisotopic (exact) mass is 677 g/mol. The van der Waals surface area contributed by atoms with Gasteiger partial charge < -0.3 is 34.3 Å². The molecule has 5 saturated carbocycles. The van der Waals surface area contributed by atoms with Gasteiger partial charge in [0.2, 0.25) is 0 Å². The van der Waals surface area contributed by atoms with E-state index >= 15 is 0 Å². The molecule has 6 aliphatic rings. The lowest BCUT2D eigenvalue weighted by molar-refractivity contribution is -0.300. The minimum Gasteiger partial charge on any atom is -0.396 e. The Labute approximate surface area is 292 Å². The first-order valence-electron chi connectivity index (χ1n) is 19.8. The Bertz CT molecular complexity index is 1050. The van der Waals surface area contributed by atoms with Crippen molar-refractivity contribution in [2.24, 2.45) is 51.2 Å². The molecule has 3 N–H and O–H groups in total. The van der Waals surface area contributed by atoms with Gasteiger partial charge in [-0.25, -0.2) is 0 Å². The van der Waals surface area contributed by atoms with Gasteiger partial charge in [0.25, 0.3) is 0 Å². The molecule has 1 aliphatic heterocycles. The van der Waals surface area contributed by atoms with Crippen molar-refractivity contribution < 1.29 is 34.3 Å². The molecular formula is C41H72O7. The van der Waals surface area contributed by atoms with Gasteiger partial charge >= 0.3 is 0 Å². The number of aliphatic hydroxyl groups excluding tert-OH is 3. The molecule has 7 nitrogen and oxygen atoms in total. The number of allylic oxidation sites excluding steroid dienone is 1. The summed E-state index contributed by atoms with van der Waals surface area (Å²) in [5.41, 5.74) is 0.893. The van der Waals surface area contributed by atoms with Gasteiger partial charge in [0.15, 0.2) is 12.6 Å². The minimum absolute atomic E-state index is 0.0179. The van der Waals surface area contributed by atoms with Crippen molar-refractivity contribution >= 4 is 0 Å². The molecule has 14 unspecified atom stereocenters. The van der Waals surface area contributed by atoms with E-state index in [1.165, 1.54) is 64.2 Å². The lowest BCUT2D eigenvalue weighted by atomic mass is 9.36. The van der Waals surface area contributed by atoms with E-state index in [4.69, 9.17) is 18.9 Å². The van der Waals surface area contributed by atoms with Crippen LogP contribution in [0.3, 0.4) is 0 Å². The van der Waals surface area contributed by atoms with E-state index in [0.29, 0.717) is 49.2 Å². The number of ether oxygens (including phenoxy) is 4. The molecule has 0 radical (unpaired) electrons. The van der Waals surface area contributed by atoms with Gasteiger partial charge in [0.05, 0.1) is 24.9 Å². The number of fused-ring (bicyclic) bond motifs is 7. The Kier molecular flexibility index (Phi) is 12.6. The second-order valence-corrected chi connectivity index (χ2v) is 18.1. The molecule has 6 fully saturated rings. The molecule has 48 heavy (non-hydrogen) atoms. The highest BCUT2D eigenvalue weighted by atomic mass is 16.7. The Hall–Kier alpha value is -0.540. The molecule has 0 aromatic rings. The maximum absolute atomic E-state index is 10.9. The summed E-state index contributed by atoms with van der Waals surface area (Å²) in [7, 11) is 1.68. The van der Waals surface area contributed by atoms with Crippen LogP contribution in [0, 0.1) is 51.2 Å². The van der Waals surface area contributed by atoms with Crippen LogP contribution in [0.25, 0.3) is 0 Å².